The zero-order valence-electron chi connectivity index (χ0n) is 7.69. The molecular formula is C10H8BrFINO. The molecule has 0 unspecified atom stereocenters. The van der Waals surface area contributed by atoms with Crippen molar-refractivity contribution in [3.05, 3.63) is 44.2 Å². The summed E-state index contributed by atoms with van der Waals surface area (Å²) in [7, 11) is 0. The van der Waals surface area contributed by atoms with Crippen LogP contribution in [-0.2, 0) is 0 Å². The van der Waals surface area contributed by atoms with Gasteiger partial charge in [-0.3, -0.25) is 4.79 Å². The van der Waals surface area contributed by atoms with E-state index in [0.717, 1.165) is 0 Å². The normalized spacial score (nSPS) is 9.80. The van der Waals surface area contributed by atoms with Gasteiger partial charge in [0, 0.05) is 14.6 Å². The number of benzene rings is 1. The molecule has 0 atom stereocenters. The van der Waals surface area contributed by atoms with Crippen LogP contribution in [0.1, 0.15) is 10.4 Å². The molecule has 1 rings (SSSR count). The SMILES string of the molecule is C=C(Br)CNC(=O)c1ccc(F)cc1I. The average Bonchev–Trinajstić information content (AvgIpc) is 2.14. The lowest BCUT2D eigenvalue weighted by Gasteiger charge is -2.05. The van der Waals surface area contributed by atoms with E-state index < -0.39 is 0 Å². The fourth-order valence-electron chi connectivity index (χ4n) is 0.945. The van der Waals surface area contributed by atoms with E-state index in [2.05, 4.69) is 27.8 Å². The van der Waals surface area contributed by atoms with Crippen molar-refractivity contribution in [1.82, 2.24) is 5.32 Å². The van der Waals surface area contributed by atoms with Crippen LogP contribution >= 0.6 is 38.5 Å². The zero-order chi connectivity index (χ0) is 11.4. The highest BCUT2D eigenvalue weighted by Gasteiger charge is 2.09. The van der Waals surface area contributed by atoms with E-state index in [-0.39, 0.29) is 11.7 Å². The molecule has 1 aromatic rings. The van der Waals surface area contributed by atoms with Crippen LogP contribution in [0.2, 0.25) is 0 Å². The standard InChI is InChI=1S/C10H8BrFINO/c1-6(11)5-14-10(15)8-3-2-7(12)4-9(8)13/h2-4H,1,5H2,(H,14,15). The van der Waals surface area contributed by atoms with Crippen LogP contribution in [0.25, 0.3) is 0 Å². The van der Waals surface area contributed by atoms with Gasteiger partial charge in [-0.1, -0.05) is 22.5 Å². The molecule has 1 aromatic carbocycles. The van der Waals surface area contributed by atoms with Crippen LogP contribution in [0.4, 0.5) is 4.39 Å². The lowest BCUT2D eigenvalue weighted by atomic mass is 10.2. The molecule has 0 aliphatic rings. The Morgan fingerprint density at radius 1 is 1.60 bits per heavy atom. The van der Waals surface area contributed by atoms with Gasteiger partial charge in [-0.2, -0.15) is 0 Å². The molecule has 5 heteroatoms. The lowest BCUT2D eigenvalue weighted by molar-refractivity contribution is 0.0957. The molecule has 2 nitrogen and oxygen atoms in total. The second-order valence-electron chi connectivity index (χ2n) is 2.82. The van der Waals surface area contributed by atoms with E-state index in [1.54, 1.807) is 0 Å². The third-order valence-electron chi connectivity index (χ3n) is 1.62. The average molecular weight is 384 g/mol. The largest absolute Gasteiger partial charge is 0.347 e. The van der Waals surface area contributed by atoms with Gasteiger partial charge in [0.1, 0.15) is 5.82 Å². The Morgan fingerprint density at radius 2 is 2.27 bits per heavy atom. The Balaban J connectivity index is 2.78. The van der Waals surface area contributed by atoms with Gasteiger partial charge in [0.25, 0.3) is 5.91 Å². The number of carbonyl (C=O) groups excluding carboxylic acids is 1. The summed E-state index contributed by atoms with van der Waals surface area (Å²) in [4.78, 5) is 11.6. The number of halogens is 3. The first-order valence-electron chi connectivity index (χ1n) is 4.07. The van der Waals surface area contributed by atoms with Crippen molar-refractivity contribution in [2.24, 2.45) is 0 Å². The molecule has 80 valence electrons. The topological polar surface area (TPSA) is 29.1 Å². The first kappa shape index (κ1) is 12.6. The van der Waals surface area contributed by atoms with Gasteiger partial charge in [-0.25, -0.2) is 4.39 Å². The van der Waals surface area contributed by atoms with Crippen molar-refractivity contribution in [3.63, 3.8) is 0 Å². The lowest BCUT2D eigenvalue weighted by Crippen LogP contribution is -2.25. The molecule has 0 bridgehead atoms. The molecule has 1 amide bonds. The summed E-state index contributed by atoms with van der Waals surface area (Å²) in [5.41, 5.74) is 0.464. The predicted molar refractivity (Wildman–Crippen MR) is 69.5 cm³/mol. The molecule has 1 N–H and O–H groups in total. The van der Waals surface area contributed by atoms with Crippen LogP contribution in [0.15, 0.2) is 29.3 Å². The van der Waals surface area contributed by atoms with Crippen LogP contribution in [0, 0.1) is 9.39 Å². The van der Waals surface area contributed by atoms with Crippen LogP contribution in [-0.4, -0.2) is 12.5 Å². The Morgan fingerprint density at radius 3 is 2.80 bits per heavy atom. The summed E-state index contributed by atoms with van der Waals surface area (Å²) in [6, 6.07) is 4.04. The second-order valence-corrected chi connectivity index (χ2v) is 5.11. The molecule has 0 radical (unpaired) electrons. The van der Waals surface area contributed by atoms with E-state index >= 15 is 0 Å². The highest BCUT2D eigenvalue weighted by Crippen LogP contribution is 2.13. The third kappa shape index (κ3) is 3.90. The minimum absolute atomic E-state index is 0.236. The number of carbonyl (C=O) groups is 1. The van der Waals surface area contributed by atoms with Crippen LogP contribution in [0.5, 0.6) is 0 Å². The Bertz CT molecular complexity index is 408. The Labute approximate surface area is 109 Å². The van der Waals surface area contributed by atoms with Gasteiger partial charge >= 0.3 is 0 Å². The summed E-state index contributed by atoms with van der Waals surface area (Å²) >= 11 is 5.06. The predicted octanol–water partition coefficient (Wildman–Crippen LogP) is 3.07. The summed E-state index contributed by atoms with van der Waals surface area (Å²) < 4.78 is 14.0. The highest BCUT2D eigenvalue weighted by molar-refractivity contribution is 14.1. The van der Waals surface area contributed by atoms with E-state index in [4.69, 9.17) is 0 Å². The summed E-state index contributed by atoms with van der Waals surface area (Å²) in [6.45, 7) is 3.95. The van der Waals surface area contributed by atoms with Gasteiger partial charge < -0.3 is 5.32 Å². The third-order valence-corrected chi connectivity index (χ3v) is 2.79. The van der Waals surface area contributed by atoms with Gasteiger partial charge in [0.15, 0.2) is 0 Å². The molecule has 0 saturated heterocycles. The minimum Gasteiger partial charge on any atom is -0.347 e. The van der Waals surface area contributed by atoms with Crippen LogP contribution in [0.3, 0.4) is 0 Å². The van der Waals surface area contributed by atoms with Crippen molar-refractivity contribution < 1.29 is 9.18 Å². The number of rotatable bonds is 3. The highest BCUT2D eigenvalue weighted by atomic mass is 127. The number of amides is 1. The van der Waals surface area contributed by atoms with Crippen LogP contribution < -0.4 is 5.32 Å². The first-order valence-corrected chi connectivity index (χ1v) is 5.94. The molecule has 0 aromatic heterocycles. The zero-order valence-corrected chi connectivity index (χ0v) is 11.4. The fourth-order valence-corrected chi connectivity index (χ4v) is 1.81. The van der Waals surface area contributed by atoms with E-state index in [9.17, 15) is 9.18 Å². The molecule has 0 aliphatic carbocycles. The Kier molecular flexibility index (Phi) is 4.72. The minimum atomic E-state index is -0.346. The Hall–Kier alpha value is -0.430. The van der Waals surface area contributed by atoms with Gasteiger partial charge in [0.05, 0.1) is 5.56 Å². The van der Waals surface area contributed by atoms with Crippen molar-refractivity contribution in [2.75, 3.05) is 6.54 Å². The van der Waals surface area contributed by atoms with Gasteiger partial charge in [0.2, 0.25) is 0 Å². The van der Waals surface area contributed by atoms with Gasteiger partial charge in [-0.05, 0) is 40.8 Å². The number of nitrogens with one attached hydrogen (secondary N) is 1. The van der Waals surface area contributed by atoms with Crippen molar-refractivity contribution >= 4 is 44.4 Å². The molecule has 0 fully saturated rings. The molecule has 15 heavy (non-hydrogen) atoms. The van der Waals surface area contributed by atoms with E-state index in [0.29, 0.717) is 20.2 Å². The molecular weight excluding hydrogens is 376 g/mol. The maximum absolute atomic E-state index is 12.8. The number of hydrogen-bond donors (Lipinski definition) is 1. The fraction of sp³-hybridized carbons (Fsp3) is 0.100. The van der Waals surface area contributed by atoms with Crippen molar-refractivity contribution in [2.45, 2.75) is 0 Å². The summed E-state index contributed by atoms with van der Waals surface area (Å²) in [6.07, 6.45) is 0. The second kappa shape index (κ2) is 5.60. The summed E-state index contributed by atoms with van der Waals surface area (Å²) in [5.74, 6) is -0.583. The smallest absolute Gasteiger partial charge is 0.252 e. The quantitative estimate of drug-likeness (QED) is 0.798. The first-order chi connectivity index (χ1) is 7.00. The van der Waals surface area contributed by atoms with E-state index in [1.807, 2.05) is 22.6 Å². The van der Waals surface area contributed by atoms with Gasteiger partial charge in [-0.15, -0.1) is 0 Å². The summed E-state index contributed by atoms with van der Waals surface area (Å²) in [5, 5.41) is 2.65. The molecule has 0 saturated carbocycles. The molecule has 0 spiro atoms. The molecule has 0 aliphatic heterocycles. The van der Waals surface area contributed by atoms with Crippen molar-refractivity contribution in [1.29, 1.82) is 0 Å². The maximum atomic E-state index is 12.8. The number of hydrogen-bond acceptors (Lipinski definition) is 1. The molecule has 0 heterocycles. The monoisotopic (exact) mass is 383 g/mol. The van der Waals surface area contributed by atoms with E-state index in [1.165, 1.54) is 18.2 Å². The van der Waals surface area contributed by atoms with Crippen molar-refractivity contribution in [3.8, 4) is 0 Å². The maximum Gasteiger partial charge on any atom is 0.252 e.